The topological polar surface area (TPSA) is 63.4 Å². The number of rotatable bonds is 6. The van der Waals surface area contributed by atoms with Crippen LogP contribution in [-0.2, 0) is 22.0 Å². The number of sulfonamides is 1. The summed E-state index contributed by atoms with van der Waals surface area (Å²) in [6.45, 7) is 1.45. The van der Waals surface area contributed by atoms with E-state index in [1.54, 1.807) is 6.92 Å². The first-order chi connectivity index (χ1) is 9.58. The van der Waals surface area contributed by atoms with Crippen LogP contribution in [0.5, 0.6) is 0 Å². The number of alkyl halides is 3. The quantitative estimate of drug-likeness (QED) is 0.806. The number of likely N-dealkylation sites (N-methyl/N-ethyl adjacent to an activating group) is 1. The van der Waals surface area contributed by atoms with Gasteiger partial charge >= 0.3 is 6.18 Å². The third kappa shape index (κ3) is 4.94. The normalized spacial score (nSPS) is 12.6. The van der Waals surface area contributed by atoms with E-state index in [0.717, 1.165) is 16.4 Å². The Morgan fingerprint density at radius 1 is 1.33 bits per heavy atom. The molecule has 0 aliphatic rings. The Kier molecular flexibility index (Phi) is 5.71. The van der Waals surface area contributed by atoms with Crippen LogP contribution in [0, 0.1) is 0 Å². The number of thiocarbonyl (C=S) groups is 1. The molecule has 0 bridgehead atoms. The smallest absolute Gasteiger partial charge is 0.392 e. The molecule has 0 spiro atoms. The van der Waals surface area contributed by atoms with Gasteiger partial charge in [0.1, 0.15) is 0 Å². The molecule has 2 N–H and O–H groups in total. The predicted octanol–water partition coefficient (Wildman–Crippen LogP) is 2.14. The van der Waals surface area contributed by atoms with Gasteiger partial charge in [-0.2, -0.15) is 17.5 Å². The lowest BCUT2D eigenvalue weighted by molar-refractivity contribution is -0.138. The minimum atomic E-state index is -4.60. The Hall–Kier alpha value is -1.19. The van der Waals surface area contributed by atoms with E-state index in [1.807, 2.05) is 0 Å². The fourth-order valence-electron chi connectivity index (χ4n) is 1.79. The molecule has 1 rings (SSSR count). The van der Waals surface area contributed by atoms with Crippen molar-refractivity contribution in [2.45, 2.75) is 18.9 Å². The summed E-state index contributed by atoms with van der Waals surface area (Å²) in [5.74, 6) is -0.751. The molecular weight excluding hydrogens is 325 g/mol. The molecule has 9 heteroatoms. The second kappa shape index (κ2) is 6.71. The molecule has 0 heterocycles. The van der Waals surface area contributed by atoms with Crippen molar-refractivity contribution in [2.75, 3.05) is 13.1 Å². The summed E-state index contributed by atoms with van der Waals surface area (Å²) in [6.07, 6.45) is -4.60. The summed E-state index contributed by atoms with van der Waals surface area (Å²) in [4.78, 5) is -0.0375. The van der Waals surface area contributed by atoms with Crippen LogP contribution in [0.4, 0.5) is 13.2 Å². The van der Waals surface area contributed by atoms with E-state index in [4.69, 9.17) is 5.73 Å². The summed E-state index contributed by atoms with van der Waals surface area (Å²) in [5.41, 5.74) is 4.05. The van der Waals surface area contributed by atoms with Gasteiger partial charge in [-0.3, -0.25) is 0 Å². The van der Waals surface area contributed by atoms with E-state index in [1.165, 1.54) is 12.1 Å². The number of hydrogen-bond acceptors (Lipinski definition) is 3. The van der Waals surface area contributed by atoms with Gasteiger partial charge in [-0.05, 0) is 11.6 Å². The van der Waals surface area contributed by atoms with Gasteiger partial charge in [-0.15, -0.1) is 0 Å². The molecule has 0 saturated heterocycles. The summed E-state index contributed by atoms with van der Waals surface area (Å²) >= 11 is 4.65. The van der Waals surface area contributed by atoms with Gasteiger partial charge in [-0.25, -0.2) is 8.42 Å². The van der Waals surface area contributed by atoms with Crippen LogP contribution < -0.4 is 5.73 Å². The van der Waals surface area contributed by atoms with Crippen LogP contribution in [-0.4, -0.2) is 30.8 Å². The standard InChI is InChI=1S/C12H15F3N2O2S2/c1-2-17(7-11(16)20)21(18,19)8-9-5-3-4-6-10(9)12(13,14)15/h3-6H,2,7-8H2,1H3,(H2,16,20). The summed E-state index contributed by atoms with van der Waals surface area (Å²) in [5, 5.41) is 0. The highest BCUT2D eigenvalue weighted by molar-refractivity contribution is 7.88. The Balaban J connectivity index is 3.13. The summed E-state index contributed by atoms with van der Waals surface area (Å²) in [6, 6.07) is 4.58. The molecule has 0 amide bonds. The lowest BCUT2D eigenvalue weighted by Crippen LogP contribution is -2.38. The molecule has 0 fully saturated rings. The lowest BCUT2D eigenvalue weighted by Gasteiger charge is -2.21. The summed E-state index contributed by atoms with van der Waals surface area (Å²) < 4.78 is 63.9. The molecule has 0 unspecified atom stereocenters. The Morgan fingerprint density at radius 2 is 1.90 bits per heavy atom. The highest BCUT2D eigenvalue weighted by atomic mass is 32.2. The third-order valence-corrected chi connectivity index (χ3v) is 4.72. The molecule has 0 saturated carbocycles. The van der Waals surface area contributed by atoms with Crippen LogP contribution in [0.15, 0.2) is 24.3 Å². The number of nitrogens with zero attached hydrogens (tertiary/aromatic N) is 1. The van der Waals surface area contributed by atoms with E-state index in [9.17, 15) is 21.6 Å². The van der Waals surface area contributed by atoms with Crippen LogP contribution >= 0.6 is 12.2 Å². The monoisotopic (exact) mass is 340 g/mol. The minimum absolute atomic E-state index is 0.0375. The fraction of sp³-hybridized carbons (Fsp3) is 0.417. The largest absolute Gasteiger partial charge is 0.416 e. The number of hydrogen-bond donors (Lipinski definition) is 1. The van der Waals surface area contributed by atoms with Crippen LogP contribution in [0.25, 0.3) is 0 Å². The van der Waals surface area contributed by atoms with Gasteiger partial charge in [0.25, 0.3) is 0 Å². The molecule has 118 valence electrons. The van der Waals surface area contributed by atoms with Gasteiger partial charge in [0.2, 0.25) is 10.0 Å². The second-order valence-electron chi connectivity index (χ2n) is 4.30. The number of halogens is 3. The third-order valence-electron chi connectivity index (χ3n) is 2.74. The molecule has 0 aliphatic heterocycles. The maximum atomic E-state index is 12.9. The minimum Gasteiger partial charge on any atom is -0.392 e. The maximum absolute atomic E-state index is 12.9. The second-order valence-corrected chi connectivity index (χ2v) is 6.80. The molecule has 0 atom stereocenters. The van der Waals surface area contributed by atoms with E-state index < -0.39 is 27.5 Å². The van der Waals surface area contributed by atoms with Crippen molar-refractivity contribution in [2.24, 2.45) is 5.73 Å². The van der Waals surface area contributed by atoms with Crippen molar-refractivity contribution in [3.63, 3.8) is 0 Å². The van der Waals surface area contributed by atoms with Gasteiger partial charge in [0.05, 0.1) is 22.8 Å². The first kappa shape index (κ1) is 17.9. The van der Waals surface area contributed by atoms with Gasteiger partial charge in [0.15, 0.2) is 0 Å². The van der Waals surface area contributed by atoms with Crippen molar-refractivity contribution >= 4 is 27.2 Å². The van der Waals surface area contributed by atoms with Crippen LogP contribution in [0.2, 0.25) is 0 Å². The molecule has 1 aromatic rings. The van der Waals surface area contributed by atoms with Crippen LogP contribution in [0.3, 0.4) is 0 Å². The zero-order chi connectivity index (χ0) is 16.3. The highest BCUT2D eigenvalue weighted by Gasteiger charge is 2.34. The van der Waals surface area contributed by atoms with E-state index >= 15 is 0 Å². The Bertz CT molecular complexity index is 615. The van der Waals surface area contributed by atoms with E-state index in [-0.39, 0.29) is 23.6 Å². The zero-order valence-electron chi connectivity index (χ0n) is 11.2. The van der Waals surface area contributed by atoms with Crippen molar-refractivity contribution in [1.29, 1.82) is 0 Å². The van der Waals surface area contributed by atoms with Crippen molar-refractivity contribution in [3.05, 3.63) is 35.4 Å². The highest BCUT2D eigenvalue weighted by Crippen LogP contribution is 2.32. The summed E-state index contributed by atoms with van der Waals surface area (Å²) in [7, 11) is -3.94. The van der Waals surface area contributed by atoms with E-state index in [0.29, 0.717) is 0 Å². The SMILES string of the molecule is CCN(CC(N)=S)S(=O)(=O)Cc1ccccc1C(F)(F)F. The van der Waals surface area contributed by atoms with Gasteiger partial charge in [0, 0.05) is 6.54 Å². The van der Waals surface area contributed by atoms with Gasteiger partial charge in [-0.1, -0.05) is 37.3 Å². The molecule has 0 radical (unpaired) electrons. The average molecular weight is 340 g/mol. The molecule has 0 aromatic heterocycles. The molecule has 4 nitrogen and oxygen atoms in total. The first-order valence-corrected chi connectivity index (χ1v) is 8.01. The number of nitrogens with two attached hydrogens (primary N) is 1. The van der Waals surface area contributed by atoms with Crippen LogP contribution in [0.1, 0.15) is 18.1 Å². The maximum Gasteiger partial charge on any atom is 0.416 e. The predicted molar refractivity (Wildman–Crippen MR) is 78.1 cm³/mol. The van der Waals surface area contributed by atoms with E-state index in [2.05, 4.69) is 12.2 Å². The zero-order valence-corrected chi connectivity index (χ0v) is 12.9. The molecule has 1 aromatic carbocycles. The first-order valence-electron chi connectivity index (χ1n) is 5.99. The number of benzene rings is 1. The lowest BCUT2D eigenvalue weighted by atomic mass is 10.1. The Morgan fingerprint density at radius 3 is 2.38 bits per heavy atom. The van der Waals surface area contributed by atoms with Gasteiger partial charge < -0.3 is 5.73 Å². The van der Waals surface area contributed by atoms with Crippen molar-refractivity contribution < 1.29 is 21.6 Å². The Labute approximate surface area is 126 Å². The average Bonchev–Trinajstić information content (AvgIpc) is 2.34. The molecule has 21 heavy (non-hydrogen) atoms. The molecule has 0 aliphatic carbocycles. The van der Waals surface area contributed by atoms with Crippen molar-refractivity contribution in [1.82, 2.24) is 4.31 Å². The molecular formula is C12H15F3N2O2S2. The fourth-order valence-corrected chi connectivity index (χ4v) is 3.59. The van der Waals surface area contributed by atoms with Crippen molar-refractivity contribution in [3.8, 4) is 0 Å².